The van der Waals surface area contributed by atoms with E-state index in [9.17, 15) is 4.79 Å². The molecule has 2 heterocycles. The van der Waals surface area contributed by atoms with E-state index in [4.69, 9.17) is 0 Å². The van der Waals surface area contributed by atoms with Crippen molar-refractivity contribution in [3.05, 3.63) is 83.4 Å². The molecular formula is C21H22N4O. The number of aromatic nitrogens is 2. The molecule has 5 heteroatoms. The second kappa shape index (κ2) is 8.25. The topological polar surface area (TPSA) is 66.9 Å². The molecular weight excluding hydrogens is 324 g/mol. The number of nitrogens with one attached hydrogen (secondary N) is 2. The van der Waals surface area contributed by atoms with Crippen molar-refractivity contribution in [3.63, 3.8) is 0 Å². The lowest BCUT2D eigenvalue weighted by Gasteiger charge is -2.14. The van der Waals surface area contributed by atoms with Gasteiger partial charge in [-0.1, -0.05) is 25.1 Å². The highest BCUT2D eigenvalue weighted by molar-refractivity contribution is 5.93. The van der Waals surface area contributed by atoms with Crippen LogP contribution in [0.15, 0.2) is 61.1 Å². The summed E-state index contributed by atoms with van der Waals surface area (Å²) >= 11 is 0. The van der Waals surface area contributed by atoms with Crippen LogP contribution >= 0.6 is 0 Å². The van der Waals surface area contributed by atoms with Gasteiger partial charge in [-0.15, -0.1) is 0 Å². The van der Waals surface area contributed by atoms with E-state index in [0.29, 0.717) is 12.2 Å². The van der Waals surface area contributed by atoms with Crippen molar-refractivity contribution in [2.24, 2.45) is 0 Å². The third-order valence-electron chi connectivity index (χ3n) is 4.20. The van der Waals surface area contributed by atoms with Gasteiger partial charge in [-0.2, -0.15) is 0 Å². The summed E-state index contributed by atoms with van der Waals surface area (Å²) in [6, 6.07) is 13.6. The summed E-state index contributed by atoms with van der Waals surface area (Å²) in [5.74, 6) is -0.203. The maximum Gasteiger partial charge on any atom is 0.270 e. The molecule has 0 saturated heterocycles. The molecule has 0 spiro atoms. The summed E-state index contributed by atoms with van der Waals surface area (Å²) in [5.41, 5.74) is 5.73. The molecule has 2 N–H and O–H groups in total. The summed E-state index contributed by atoms with van der Waals surface area (Å²) in [6.07, 6.45) is 6.00. The molecule has 1 aromatic carbocycles. The highest BCUT2D eigenvalue weighted by Crippen LogP contribution is 2.25. The van der Waals surface area contributed by atoms with Gasteiger partial charge in [-0.25, -0.2) is 0 Å². The number of anilines is 2. The number of carbonyl (C=O) groups excluding carboxylic acids is 1. The maximum atomic E-state index is 12.4. The number of amides is 1. The van der Waals surface area contributed by atoms with E-state index < -0.39 is 0 Å². The first-order chi connectivity index (χ1) is 12.7. The molecule has 0 aliphatic rings. The Bertz CT molecular complexity index is 894. The Morgan fingerprint density at radius 1 is 1.08 bits per heavy atom. The monoisotopic (exact) mass is 346 g/mol. The summed E-state index contributed by atoms with van der Waals surface area (Å²) in [6.45, 7) is 4.65. The van der Waals surface area contributed by atoms with Crippen molar-refractivity contribution in [1.29, 1.82) is 0 Å². The van der Waals surface area contributed by atoms with Crippen LogP contribution in [0, 0.1) is 6.92 Å². The fourth-order valence-corrected chi connectivity index (χ4v) is 2.75. The molecule has 1 amide bonds. The van der Waals surface area contributed by atoms with E-state index in [1.807, 2.05) is 18.2 Å². The smallest absolute Gasteiger partial charge is 0.270 e. The van der Waals surface area contributed by atoms with Crippen molar-refractivity contribution in [3.8, 4) is 0 Å². The highest BCUT2D eigenvalue weighted by Gasteiger charge is 2.10. The lowest BCUT2D eigenvalue weighted by Crippen LogP contribution is -2.23. The molecule has 0 unspecified atom stereocenters. The van der Waals surface area contributed by atoms with Crippen molar-refractivity contribution in [2.45, 2.75) is 26.8 Å². The van der Waals surface area contributed by atoms with E-state index in [-0.39, 0.29) is 5.91 Å². The van der Waals surface area contributed by atoms with Crippen LogP contribution in [-0.2, 0) is 13.0 Å². The Kier molecular flexibility index (Phi) is 5.59. The van der Waals surface area contributed by atoms with Crippen molar-refractivity contribution >= 4 is 17.3 Å². The third-order valence-corrected chi connectivity index (χ3v) is 4.20. The number of hydrogen-bond donors (Lipinski definition) is 2. The first-order valence-electron chi connectivity index (χ1n) is 8.66. The van der Waals surface area contributed by atoms with Gasteiger partial charge in [0.15, 0.2) is 0 Å². The summed E-state index contributed by atoms with van der Waals surface area (Å²) in [7, 11) is 0. The lowest BCUT2D eigenvalue weighted by molar-refractivity contribution is 0.0946. The molecule has 0 fully saturated rings. The van der Waals surface area contributed by atoms with E-state index in [2.05, 4.69) is 52.6 Å². The normalized spacial score (nSPS) is 10.4. The molecule has 0 bridgehead atoms. The number of para-hydroxylation sites is 1. The van der Waals surface area contributed by atoms with Crippen LogP contribution < -0.4 is 10.6 Å². The second-order valence-corrected chi connectivity index (χ2v) is 6.06. The Labute approximate surface area is 153 Å². The average molecular weight is 346 g/mol. The minimum atomic E-state index is -0.203. The number of pyridine rings is 2. The van der Waals surface area contributed by atoms with Gasteiger partial charge < -0.3 is 10.6 Å². The predicted octanol–water partition coefficient (Wildman–Crippen LogP) is 4.02. The van der Waals surface area contributed by atoms with Crippen LogP contribution in [0.4, 0.5) is 11.4 Å². The molecule has 26 heavy (non-hydrogen) atoms. The molecule has 0 aliphatic carbocycles. The van der Waals surface area contributed by atoms with Crippen LogP contribution in [-0.4, -0.2) is 15.9 Å². The predicted molar refractivity (Wildman–Crippen MR) is 103 cm³/mol. The van der Waals surface area contributed by atoms with Crippen molar-refractivity contribution < 1.29 is 4.79 Å². The highest BCUT2D eigenvalue weighted by atomic mass is 16.1. The summed E-state index contributed by atoms with van der Waals surface area (Å²) in [4.78, 5) is 20.6. The number of hydrogen-bond acceptors (Lipinski definition) is 4. The average Bonchev–Trinajstić information content (AvgIpc) is 2.68. The van der Waals surface area contributed by atoms with E-state index >= 15 is 0 Å². The number of carbonyl (C=O) groups is 1. The van der Waals surface area contributed by atoms with Crippen LogP contribution in [0.25, 0.3) is 0 Å². The standard InChI is InChI=1S/C21H22N4O/c1-3-17-6-4-5-15(2)20(17)25-18-9-12-23-19(13-18)21(26)24-14-16-7-10-22-11-8-16/h4-13H,3,14H2,1-2H3,(H,23,25)(H,24,26). The third kappa shape index (κ3) is 4.25. The maximum absolute atomic E-state index is 12.4. The SMILES string of the molecule is CCc1cccc(C)c1Nc1ccnc(C(=O)NCc2ccncc2)c1. The molecule has 3 aromatic rings. The largest absolute Gasteiger partial charge is 0.355 e. The molecule has 2 aromatic heterocycles. The Morgan fingerprint density at radius 3 is 2.65 bits per heavy atom. The molecule has 0 radical (unpaired) electrons. The van der Waals surface area contributed by atoms with Crippen LogP contribution in [0.2, 0.25) is 0 Å². The molecule has 0 atom stereocenters. The quantitative estimate of drug-likeness (QED) is 0.707. The molecule has 132 valence electrons. The van der Waals surface area contributed by atoms with Gasteiger partial charge in [-0.3, -0.25) is 14.8 Å². The van der Waals surface area contributed by atoms with Crippen LogP contribution in [0.1, 0.15) is 34.1 Å². The fraction of sp³-hybridized carbons (Fsp3) is 0.190. The first kappa shape index (κ1) is 17.6. The van der Waals surface area contributed by atoms with E-state index in [1.165, 1.54) is 11.1 Å². The lowest BCUT2D eigenvalue weighted by atomic mass is 10.1. The van der Waals surface area contributed by atoms with Gasteiger partial charge >= 0.3 is 0 Å². The molecule has 0 aliphatic heterocycles. The van der Waals surface area contributed by atoms with Crippen LogP contribution in [0.3, 0.4) is 0 Å². The Hall–Kier alpha value is -3.21. The Balaban J connectivity index is 1.73. The molecule has 5 nitrogen and oxygen atoms in total. The molecule has 3 rings (SSSR count). The number of rotatable bonds is 6. The van der Waals surface area contributed by atoms with Crippen LogP contribution in [0.5, 0.6) is 0 Å². The summed E-state index contributed by atoms with van der Waals surface area (Å²) in [5, 5.41) is 6.32. The van der Waals surface area contributed by atoms with Gasteiger partial charge in [0.05, 0.1) is 0 Å². The number of benzene rings is 1. The van der Waals surface area contributed by atoms with E-state index in [1.54, 1.807) is 24.7 Å². The fourth-order valence-electron chi connectivity index (χ4n) is 2.75. The minimum Gasteiger partial charge on any atom is -0.355 e. The first-order valence-corrected chi connectivity index (χ1v) is 8.66. The Morgan fingerprint density at radius 2 is 1.88 bits per heavy atom. The second-order valence-electron chi connectivity index (χ2n) is 6.06. The van der Waals surface area contributed by atoms with Crippen molar-refractivity contribution in [1.82, 2.24) is 15.3 Å². The zero-order valence-electron chi connectivity index (χ0n) is 15.0. The van der Waals surface area contributed by atoms with Gasteiger partial charge in [0, 0.05) is 36.5 Å². The zero-order chi connectivity index (χ0) is 18.4. The zero-order valence-corrected chi connectivity index (χ0v) is 15.0. The number of nitrogens with zero attached hydrogens (tertiary/aromatic N) is 2. The van der Waals surface area contributed by atoms with E-state index in [0.717, 1.165) is 23.4 Å². The summed E-state index contributed by atoms with van der Waals surface area (Å²) < 4.78 is 0. The van der Waals surface area contributed by atoms with Gasteiger partial charge in [-0.05, 0) is 54.3 Å². The van der Waals surface area contributed by atoms with Gasteiger partial charge in [0.25, 0.3) is 5.91 Å². The molecule has 0 saturated carbocycles. The minimum absolute atomic E-state index is 0.203. The van der Waals surface area contributed by atoms with Gasteiger partial charge in [0.2, 0.25) is 0 Å². The van der Waals surface area contributed by atoms with Crippen molar-refractivity contribution in [2.75, 3.05) is 5.32 Å². The van der Waals surface area contributed by atoms with Gasteiger partial charge in [0.1, 0.15) is 5.69 Å². The number of aryl methyl sites for hydroxylation is 2.